The molecule has 1 aromatic heterocycles. The summed E-state index contributed by atoms with van der Waals surface area (Å²) in [5, 5.41) is 7.85. The van der Waals surface area contributed by atoms with Gasteiger partial charge in [0.1, 0.15) is 5.84 Å². The van der Waals surface area contributed by atoms with E-state index in [-0.39, 0.29) is 5.84 Å². The number of nitrogens with two attached hydrogens (primary N) is 1. The molecule has 1 fully saturated rings. The summed E-state index contributed by atoms with van der Waals surface area (Å²) in [5.74, 6) is 0.119. The molecule has 4 nitrogen and oxygen atoms in total. The molecule has 0 spiro atoms. The van der Waals surface area contributed by atoms with Gasteiger partial charge in [0.05, 0.1) is 16.9 Å². The van der Waals surface area contributed by atoms with Crippen molar-refractivity contribution in [3.8, 4) is 0 Å². The summed E-state index contributed by atoms with van der Waals surface area (Å²) in [6.45, 7) is 10.7. The maximum Gasteiger partial charge on any atom is 0.126 e. The van der Waals surface area contributed by atoms with E-state index in [1.807, 2.05) is 13.8 Å². The van der Waals surface area contributed by atoms with Gasteiger partial charge in [0.2, 0.25) is 0 Å². The highest BCUT2D eigenvalue weighted by molar-refractivity contribution is 6.01. The number of amidine groups is 1. The summed E-state index contributed by atoms with van der Waals surface area (Å²) in [6, 6.07) is 2.07. The molecule has 0 aliphatic carbocycles. The Bertz CT molecular complexity index is 519. The van der Waals surface area contributed by atoms with Crippen LogP contribution in [-0.4, -0.2) is 23.9 Å². The molecule has 0 unspecified atom stereocenters. The van der Waals surface area contributed by atoms with E-state index in [1.165, 1.54) is 19.3 Å². The van der Waals surface area contributed by atoms with Gasteiger partial charge in [-0.15, -0.1) is 0 Å². The van der Waals surface area contributed by atoms with Crippen molar-refractivity contribution in [3.63, 3.8) is 0 Å². The van der Waals surface area contributed by atoms with Gasteiger partial charge in [-0.1, -0.05) is 13.8 Å². The lowest BCUT2D eigenvalue weighted by molar-refractivity contribution is 0.325. The summed E-state index contributed by atoms with van der Waals surface area (Å²) in [5.41, 5.74) is 9.92. The van der Waals surface area contributed by atoms with Crippen molar-refractivity contribution < 1.29 is 0 Å². The van der Waals surface area contributed by atoms with Crippen LogP contribution >= 0.6 is 0 Å². The number of hydrogen-bond donors (Lipinski definition) is 2. The molecule has 4 heteroatoms. The van der Waals surface area contributed by atoms with Gasteiger partial charge in [0, 0.05) is 18.8 Å². The maximum atomic E-state index is 7.85. The monoisotopic (exact) mass is 274 g/mol. The quantitative estimate of drug-likeness (QED) is 0.643. The smallest absolute Gasteiger partial charge is 0.126 e. The fourth-order valence-corrected chi connectivity index (χ4v) is 3.05. The molecule has 0 amide bonds. The topological polar surface area (TPSA) is 66.0 Å². The summed E-state index contributed by atoms with van der Waals surface area (Å²) in [4.78, 5) is 6.84. The molecule has 0 atom stereocenters. The van der Waals surface area contributed by atoms with Crippen LogP contribution in [-0.2, 0) is 0 Å². The lowest BCUT2D eigenvalue weighted by Gasteiger charge is -2.27. The number of aromatic nitrogens is 1. The Balaban J connectivity index is 2.39. The highest BCUT2D eigenvalue weighted by Crippen LogP contribution is 2.33. The Morgan fingerprint density at radius 2 is 2.00 bits per heavy atom. The summed E-state index contributed by atoms with van der Waals surface area (Å²) >= 11 is 0. The first-order valence-corrected chi connectivity index (χ1v) is 7.38. The van der Waals surface area contributed by atoms with Crippen LogP contribution < -0.4 is 10.6 Å². The maximum absolute atomic E-state index is 7.85. The van der Waals surface area contributed by atoms with E-state index >= 15 is 0 Å². The van der Waals surface area contributed by atoms with Gasteiger partial charge in [-0.05, 0) is 44.6 Å². The number of rotatable bonds is 2. The molecule has 1 saturated heterocycles. The standard InChI is InChI=1S/C16H26N4/c1-11-10-13(14(15(17)18)12(2)19-11)20-8-5-6-16(3,4)7-9-20/h10H,5-9H2,1-4H3,(H3,17,18). The Morgan fingerprint density at radius 3 is 2.65 bits per heavy atom. The van der Waals surface area contributed by atoms with Gasteiger partial charge in [-0.2, -0.15) is 0 Å². The van der Waals surface area contributed by atoms with Crippen LogP contribution in [0.4, 0.5) is 5.69 Å². The minimum absolute atomic E-state index is 0.119. The zero-order valence-corrected chi connectivity index (χ0v) is 13.1. The van der Waals surface area contributed by atoms with Crippen LogP contribution in [0.5, 0.6) is 0 Å². The third-order valence-electron chi connectivity index (χ3n) is 4.26. The molecule has 3 N–H and O–H groups in total. The fourth-order valence-electron chi connectivity index (χ4n) is 3.05. The van der Waals surface area contributed by atoms with E-state index in [9.17, 15) is 0 Å². The molecule has 0 radical (unpaired) electrons. The van der Waals surface area contributed by atoms with E-state index < -0.39 is 0 Å². The molecule has 110 valence electrons. The first-order chi connectivity index (χ1) is 9.30. The molecule has 0 saturated carbocycles. The van der Waals surface area contributed by atoms with E-state index in [1.54, 1.807) is 0 Å². The Morgan fingerprint density at radius 1 is 1.30 bits per heavy atom. The zero-order chi connectivity index (χ0) is 14.9. The zero-order valence-electron chi connectivity index (χ0n) is 13.1. The van der Waals surface area contributed by atoms with Gasteiger partial charge < -0.3 is 10.6 Å². The predicted octanol–water partition coefficient (Wildman–Crippen LogP) is 3.00. The van der Waals surface area contributed by atoms with E-state index in [0.29, 0.717) is 5.41 Å². The van der Waals surface area contributed by atoms with Crippen molar-refractivity contribution in [1.82, 2.24) is 4.98 Å². The lowest BCUT2D eigenvalue weighted by atomic mass is 9.85. The Labute approximate surface area is 121 Å². The summed E-state index contributed by atoms with van der Waals surface area (Å²) < 4.78 is 0. The van der Waals surface area contributed by atoms with Gasteiger partial charge in [-0.3, -0.25) is 10.4 Å². The summed E-state index contributed by atoms with van der Waals surface area (Å²) in [7, 11) is 0. The van der Waals surface area contributed by atoms with Gasteiger partial charge in [0.15, 0.2) is 0 Å². The predicted molar refractivity (Wildman–Crippen MR) is 84.6 cm³/mol. The number of nitrogens with one attached hydrogen (secondary N) is 1. The second-order valence-electron chi connectivity index (χ2n) is 6.66. The number of pyridine rings is 1. The van der Waals surface area contributed by atoms with Crippen LogP contribution in [0.3, 0.4) is 0 Å². The average Bonchev–Trinajstić information content (AvgIpc) is 2.48. The number of anilines is 1. The van der Waals surface area contributed by atoms with Crippen LogP contribution in [0, 0.1) is 24.7 Å². The number of aryl methyl sites for hydroxylation is 2. The van der Waals surface area contributed by atoms with Crippen molar-refractivity contribution in [1.29, 1.82) is 5.41 Å². The van der Waals surface area contributed by atoms with Crippen LogP contribution in [0.2, 0.25) is 0 Å². The van der Waals surface area contributed by atoms with Crippen molar-refractivity contribution >= 4 is 11.5 Å². The molecule has 2 heterocycles. The van der Waals surface area contributed by atoms with Crippen LogP contribution in [0.25, 0.3) is 0 Å². The second kappa shape index (κ2) is 5.43. The number of nitrogen functional groups attached to an aromatic ring is 1. The highest BCUT2D eigenvalue weighted by atomic mass is 15.1. The molecular weight excluding hydrogens is 248 g/mol. The molecule has 0 aromatic carbocycles. The fraction of sp³-hybridized carbons (Fsp3) is 0.625. The van der Waals surface area contributed by atoms with E-state index in [0.717, 1.165) is 35.7 Å². The molecule has 1 aliphatic heterocycles. The number of nitrogens with zero attached hydrogens (tertiary/aromatic N) is 2. The van der Waals surface area contributed by atoms with Gasteiger partial charge >= 0.3 is 0 Å². The molecule has 2 rings (SSSR count). The summed E-state index contributed by atoms with van der Waals surface area (Å²) in [6.07, 6.45) is 3.61. The first-order valence-electron chi connectivity index (χ1n) is 7.38. The van der Waals surface area contributed by atoms with Crippen molar-refractivity contribution in [3.05, 3.63) is 23.0 Å². The molecule has 1 aromatic rings. The molecular formula is C16H26N4. The lowest BCUT2D eigenvalue weighted by Crippen LogP contribution is -2.29. The molecule has 0 bridgehead atoms. The van der Waals surface area contributed by atoms with Gasteiger partial charge in [-0.25, -0.2) is 0 Å². The SMILES string of the molecule is Cc1cc(N2CCCC(C)(C)CC2)c(C(=N)N)c(C)n1. The Kier molecular flexibility index (Phi) is 4.02. The van der Waals surface area contributed by atoms with Gasteiger partial charge in [0.25, 0.3) is 0 Å². The van der Waals surface area contributed by atoms with Crippen LogP contribution in [0.1, 0.15) is 50.1 Å². The van der Waals surface area contributed by atoms with E-state index in [4.69, 9.17) is 11.1 Å². The highest BCUT2D eigenvalue weighted by Gasteiger charge is 2.25. The third-order valence-corrected chi connectivity index (χ3v) is 4.26. The van der Waals surface area contributed by atoms with E-state index in [2.05, 4.69) is 29.8 Å². The first kappa shape index (κ1) is 14.8. The minimum Gasteiger partial charge on any atom is -0.384 e. The molecule has 20 heavy (non-hydrogen) atoms. The normalized spacial score (nSPS) is 18.7. The van der Waals surface area contributed by atoms with Crippen molar-refractivity contribution in [2.24, 2.45) is 11.1 Å². The molecule has 1 aliphatic rings. The largest absolute Gasteiger partial charge is 0.384 e. The minimum atomic E-state index is 0.119. The van der Waals surface area contributed by atoms with Crippen molar-refractivity contribution in [2.45, 2.75) is 47.0 Å². The number of hydrogen-bond acceptors (Lipinski definition) is 3. The van der Waals surface area contributed by atoms with Crippen molar-refractivity contribution in [2.75, 3.05) is 18.0 Å². The Hall–Kier alpha value is -1.58. The van der Waals surface area contributed by atoms with Crippen LogP contribution in [0.15, 0.2) is 6.07 Å². The third kappa shape index (κ3) is 3.11. The average molecular weight is 274 g/mol. The second-order valence-corrected chi connectivity index (χ2v) is 6.66.